The predicted octanol–water partition coefficient (Wildman–Crippen LogP) is 4.97. The third-order valence-corrected chi connectivity index (χ3v) is 5.73. The molecule has 5 rings (SSSR count). The van der Waals surface area contributed by atoms with Crippen LogP contribution in [0, 0.1) is 5.92 Å². The van der Waals surface area contributed by atoms with Gasteiger partial charge in [0.05, 0.1) is 18.2 Å². The number of fused-ring (bicyclic) bond motifs is 5. The molecule has 1 atom stereocenters. The number of hydrogen-bond donors (Lipinski definition) is 1. The van der Waals surface area contributed by atoms with Crippen LogP contribution >= 0.6 is 0 Å². The summed E-state index contributed by atoms with van der Waals surface area (Å²) in [5, 5.41) is 10.4. The van der Waals surface area contributed by atoms with Gasteiger partial charge in [-0.2, -0.15) is 0 Å². The molecule has 6 heteroatoms. The van der Waals surface area contributed by atoms with Crippen LogP contribution < -0.4 is 5.43 Å². The van der Waals surface area contributed by atoms with Crippen molar-refractivity contribution >= 4 is 16.9 Å². The lowest BCUT2D eigenvalue weighted by Gasteiger charge is -2.31. The van der Waals surface area contributed by atoms with Gasteiger partial charge in [-0.05, 0) is 18.4 Å². The maximum absolute atomic E-state index is 12.4. The molecule has 1 aromatic carbocycles. The lowest BCUT2D eigenvalue weighted by atomic mass is 9.89. The number of hydrogen-bond acceptors (Lipinski definition) is 4. The first-order chi connectivity index (χ1) is 14.0. The average Bonchev–Trinajstić information content (AvgIpc) is 3.34. The van der Waals surface area contributed by atoms with Crippen LogP contribution in [0.15, 0.2) is 62.7 Å². The molecule has 0 fully saturated rings. The molecule has 3 aromatic heterocycles. The molecule has 0 amide bonds. The van der Waals surface area contributed by atoms with Crippen molar-refractivity contribution in [1.29, 1.82) is 0 Å². The second-order valence-corrected chi connectivity index (χ2v) is 7.77. The van der Waals surface area contributed by atoms with Gasteiger partial charge in [0.2, 0.25) is 0 Å². The fraction of sp³-hybridized carbons (Fsp3) is 0.217. The minimum absolute atomic E-state index is 0.0228. The van der Waals surface area contributed by atoms with E-state index in [-0.39, 0.29) is 17.5 Å². The molecular weight excluding hydrogens is 370 g/mol. The zero-order valence-electron chi connectivity index (χ0n) is 16.0. The van der Waals surface area contributed by atoms with Gasteiger partial charge in [0.15, 0.2) is 11.2 Å². The van der Waals surface area contributed by atoms with Gasteiger partial charge < -0.3 is 18.5 Å². The van der Waals surface area contributed by atoms with Crippen LogP contribution in [0.5, 0.6) is 0 Å². The van der Waals surface area contributed by atoms with Crippen LogP contribution in [0.1, 0.15) is 35.8 Å². The number of benzene rings is 1. The average molecular weight is 389 g/mol. The van der Waals surface area contributed by atoms with E-state index in [1.165, 1.54) is 12.3 Å². The van der Waals surface area contributed by atoms with Gasteiger partial charge in [-0.25, -0.2) is 4.79 Å². The molecule has 1 N–H and O–H groups in total. The van der Waals surface area contributed by atoms with Gasteiger partial charge in [-0.15, -0.1) is 0 Å². The van der Waals surface area contributed by atoms with Crippen LogP contribution in [0.4, 0.5) is 0 Å². The number of rotatable bonds is 3. The highest BCUT2D eigenvalue weighted by atomic mass is 16.4. The number of carbonyl (C=O) groups is 1. The Kier molecular flexibility index (Phi) is 3.77. The zero-order chi connectivity index (χ0) is 20.3. The summed E-state index contributed by atoms with van der Waals surface area (Å²) in [6.07, 6.45) is 5.44. The first-order valence-corrected chi connectivity index (χ1v) is 9.52. The summed E-state index contributed by atoms with van der Waals surface area (Å²) >= 11 is 0. The Labute approximate surface area is 166 Å². The number of carboxylic acid groups (broad SMARTS) is 1. The first kappa shape index (κ1) is 17.6. The summed E-state index contributed by atoms with van der Waals surface area (Å²) in [5.74, 6) is -0.347. The van der Waals surface area contributed by atoms with Crippen LogP contribution in [-0.4, -0.2) is 15.6 Å². The quantitative estimate of drug-likeness (QED) is 0.534. The monoisotopic (exact) mass is 389 g/mol. The minimum atomic E-state index is -1.22. The number of nitrogens with zero attached hydrogens (tertiary/aromatic N) is 1. The van der Waals surface area contributed by atoms with Crippen LogP contribution in [0.3, 0.4) is 0 Å². The number of aromatic nitrogens is 1. The summed E-state index contributed by atoms with van der Waals surface area (Å²) in [6.45, 7) is 4.19. The summed E-state index contributed by atoms with van der Waals surface area (Å²) in [5.41, 5.74) is 3.50. The van der Waals surface area contributed by atoms with Crippen molar-refractivity contribution in [2.24, 2.45) is 5.92 Å². The molecule has 4 heterocycles. The van der Waals surface area contributed by atoms with Crippen LogP contribution in [0.2, 0.25) is 0 Å². The topological polar surface area (TPSA) is 85.6 Å². The second-order valence-electron chi connectivity index (χ2n) is 7.77. The third kappa shape index (κ3) is 2.56. The Balaban J connectivity index is 1.83. The van der Waals surface area contributed by atoms with E-state index in [9.17, 15) is 14.7 Å². The maximum atomic E-state index is 12.4. The first-order valence-electron chi connectivity index (χ1n) is 9.52. The van der Waals surface area contributed by atoms with Crippen molar-refractivity contribution in [2.45, 2.75) is 26.3 Å². The van der Waals surface area contributed by atoms with Crippen LogP contribution in [0.25, 0.3) is 33.6 Å². The minimum Gasteiger partial charge on any atom is -0.477 e. The molecule has 1 aliphatic heterocycles. The number of carboxylic acids is 1. The highest BCUT2D eigenvalue weighted by Crippen LogP contribution is 2.44. The molecule has 0 aliphatic carbocycles. The van der Waals surface area contributed by atoms with E-state index < -0.39 is 11.4 Å². The standard InChI is InChI=1S/C23H19NO5/c1-12(2)18-8-16-15-5-3-4-14(13-6-7-28-11-13)21(15)29-22(16)19-9-20(25)17(23(26)27)10-24(18)19/h3-7,9-12,18H,8H2,1-2H3,(H,26,27)/t18-/m0/s1. The number of pyridine rings is 1. The van der Waals surface area contributed by atoms with E-state index >= 15 is 0 Å². The van der Waals surface area contributed by atoms with Crippen molar-refractivity contribution < 1.29 is 18.7 Å². The lowest BCUT2D eigenvalue weighted by molar-refractivity contribution is 0.0694. The van der Waals surface area contributed by atoms with E-state index in [1.807, 2.05) is 28.8 Å². The highest BCUT2D eigenvalue weighted by Gasteiger charge is 2.32. The highest BCUT2D eigenvalue weighted by molar-refractivity contribution is 5.98. The molecule has 0 spiro atoms. The Morgan fingerprint density at radius 1 is 1.28 bits per heavy atom. The molecule has 6 nitrogen and oxygen atoms in total. The van der Waals surface area contributed by atoms with Crippen molar-refractivity contribution in [3.63, 3.8) is 0 Å². The van der Waals surface area contributed by atoms with Gasteiger partial charge >= 0.3 is 5.97 Å². The Hall–Kier alpha value is -3.54. The fourth-order valence-corrected chi connectivity index (χ4v) is 4.26. The molecule has 146 valence electrons. The summed E-state index contributed by atoms with van der Waals surface area (Å²) in [6, 6.07) is 9.28. The van der Waals surface area contributed by atoms with Gasteiger partial charge in [-0.1, -0.05) is 32.0 Å². The van der Waals surface area contributed by atoms with Crippen molar-refractivity contribution in [3.8, 4) is 22.6 Å². The second kappa shape index (κ2) is 6.24. The largest absolute Gasteiger partial charge is 0.477 e. The smallest absolute Gasteiger partial charge is 0.341 e. The normalized spacial score (nSPS) is 15.5. The van der Waals surface area contributed by atoms with Gasteiger partial charge in [0, 0.05) is 40.4 Å². The molecular formula is C23H19NO5. The van der Waals surface area contributed by atoms with Gasteiger partial charge in [0.1, 0.15) is 11.1 Å². The van der Waals surface area contributed by atoms with Crippen LogP contribution in [-0.2, 0) is 6.42 Å². The molecule has 1 aliphatic rings. The Morgan fingerprint density at radius 2 is 2.10 bits per heavy atom. The summed E-state index contributed by atoms with van der Waals surface area (Å²) in [4.78, 5) is 23.9. The molecule has 29 heavy (non-hydrogen) atoms. The zero-order valence-corrected chi connectivity index (χ0v) is 16.0. The van der Waals surface area contributed by atoms with Gasteiger partial charge in [-0.3, -0.25) is 4.79 Å². The Morgan fingerprint density at radius 3 is 2.79 bits per heavy atom. The number of para-hydroxylation sites is 1. The molecule has 0 unspecified atom stereocenters. The van der Waals surface area contributed by atoms with E-state index in [4.69, 9.17) is 8.83 Å². The molecule has 0 saturated heterocycles. The predicted molar refractivity (Wildman–Crippen MR) is 108 cm³/mol. The van der Waals surface area contributed by atoms with Crippen molar-refractivity contribution in [2.75, 3.05) is 0 Å². The van der Waals surface area contributed by atoms with Gasteiger partial charge in [0.25, 0.3) is 0 Å². The van der Waals surface area contributed by atoms with Crippen molar-refractivity contribution in [1.82, 2.24) is 4.57 Å². The SMILES string of the molecule is CC(C)[C@@H]1Cc2c(oc3c(-c4ccoc4)cccc23)-c2cc(=O)c(C(=O)O)cn21. The van der Waals surface area contributed by atoms with E-state index in [1.54, 1.807) is 12.5 Å². The van der Waals surface area contributed by atoms with E-state index in [2.05, 4.69) is 13.8 Å². The third-order valence-electron chi connectivity index (χ3n) is 5.73. The molecule has 0 radical (unpaired) electrons. The summed E-state index contributed by atoms with van der Waals surface area (Å²) < 4.78 is 13.4. The van der Waals surface area contributed by atoms with Crippen molar-refractivity contribution in [3.05, 3.63) is 70.4 Å². The number of furan rings is 2. The van der Waals surface area contributed by atoms with E-state index in [0.29, 0.717) is 17.9 Å². The fourth-order valence-electron chi connectivity index (χ4n) is 4.26. The molecule has 0 bridgehead atoms. The molecule has 4 aromatic rings. The lowest BCUT2D eigenvalue weighted by Crippen LogP contribution is -2.27. The maximum Gasteiger partial charge on any atom is 0.341 e. The molecule has 0 saturated carbocycles. The summed E-state index contributed by atoms with van der Waals surface area (Å²) in [7, 11) is 0. The van der Waals surface area contributed by atoms with E-state index in [0.717, 1.165) is 27.7 Å². The number of aromatic carboxylic acids is 1. The Bertz CT molecular complexity index is 1310.